The molecule has 3 aromatic rings. The highest BCUT2D eigenvalue weighted by Crippen LogP contribution is 2.28. The van der Waals surface area contributed by atoms with E-state index in [1.54, 1.807) is 7.05 Å². The van der Waals surface area contributed by atoms with E-state index in [0.29, 0.717) is 5.82 Å². The molecule has 0 spiro atoms. The number of carboxylic acid groups (broad SMARTS) is 1. The molecule has 0 fully saturated rings. The summed E-state index contributed by atoms with van der Waals surface area (Å²) in [7, 11) is 1.62. The lowest BCUT2D eigenvalue weighted by Crippen LogP contribution is -2.20. The number of rotatable bonds is 4. The third kappa shape index (κ3) is 4.53. The maximum atomic E-state index is 11.8. The molecule has 4 rings (SSSR count). The molecule has 0 saturated heterocycles. The molecule has 2 N–H and O–H groups in total. The highest BCUT2D eigenvalue weighted by molar-refractivity contribution is 5.77. The maximum Gasteiger partial charge on any atom is 0.290 e. The van der Waals surface area contributed by atoms with E-state index >= 15 is 0 Å². The number of amides is 1. The van der Waals surface area contributed by atoms with Crippen molar-refractivity contribution < 1.29 is 14.7 Å². The van der Waals surface area contributed by atoms with Crippen LogP contribution in [0.15, 0.2) is 30.5 Å². The van der Waals surface area contributed by atoms with Crippen LogP contribution >= 0.6 is 0 Å². The quantitative estimate of drug-likeness (QED) is 0.643. The maximum absolute atomic E-state index is 11.8. The average molecular weight is 407 g/mol. The first kappa shape index (κ1) is 21.2. The van der Waals surface area contributed by atoms with Crippen LogP contribution in [0.3, 0.4) is 0 Å². The van der Waals surface area contributed by atoms with Gasteiger partial charge in [-0.2, -0.15) is 5.10 Å². The van der Waals surface area contributed by atoms with E-state index in [-0.39, 0.29) is 18.8 Å². The van der Waals surface area contributed by atoms with E-state index in [2.05, 4.69) is 38.6 Å². The molecular formula is C22H25N5O3. The smallest absolute Gasteiger partial charge is 0.290 e. The minimum absolute atomic E-state index is 0.105. The topological polar surface area (TPSA) is 110 Å². The Bertz CT molecular complexity index is 1070. The van der Waals surface area contributed by atoms with Crippen molar-refractivity contribution in [2.75, 3.05) is 7.05 Å². The van der Waals surface area contributed by atoms with Gasteiger partial charge in [0.15, 0.2) is 11.6 Å². The molecule has 156 valence electrons. The summed E-state index contributed by atoms with van der Waals surface area (Å²) in [5, 5.41) is 14.2. The highest BCUT2D eigenvalue weighted by atomic mass is 16.3. The normalized spacial score (nSPS) is 12.0. The molecule has 0 unspecified atom stereocenters. The first-order valence-corrected chi connectivity index (χ1v) is 9.77. The molecule has 0 bridgehead atoms. The molecule has 0 atom stereocenters. The molecule has 0 aliphatic heterocycles. The van der Waals surface area contributed by atoms with E-state index in [0.717, 1.165) is 41.2 Å². The third-order valence-electron chi connectivity index (χ3n) is 5.06. The first-order chi connectivity index (χ1) is 14.5. The van der Waals surface area contributed by atoms with Gasteiger partial charge in [0.2, 0.25) is 5.91 Å². The minimum atomic E-state index is -0.250. The second-order valence-electron chi connectivity index (χ2n) is 7.17. The van der Waals surface area contributed by atoms with E-state index < -0.39 is 0 Å². The number of aryl methyl sites for hydroxylation is 4. The Morgan fingerprint density at radius 2 is 1.97 bits per heavy atom. The van der Waals surface area contributed by atoms with Crippen LogP contribution in [0.2, 0.25) is 0 Å². The summed E-state index contributed by atoms with van der Waals surface area (Å²) in [5.41, 5.74) is 6.74. The summed E-state index contributed by atoms with van der Waals surface area (Å²) in [6.45, 7) is 3.77. The first-order valence-electron chi connectivity index (χ1n) is 9.77. The average Bonchev–Trinajstić information content (AvgIpc) is 3.34. The number of carbonyl (C=O) groups excluding carboxylic acids is 1. The molecule has 30 heavy (non-hydrogen) atoms. The van der Waals surface area contributed by atoms with E-state index in [1.165, 1.54) is 17.5 Å². The van der Waals surface area contributed by atoms with Gasteiger partial charge < -0.3 is 10.4 Å². The number of nitrogens with one attached hydrogen (secondary N) is 1. The van der Waals surface area contributed by atoms with Gasteiger partial charge in [-0.15, -0.1) is 0 Å². The molecule has 0 radical (unpaired) electrons. The van der Waals surface area contributed by atoms with Gasteiger partial charge in [-0.1, -0.05) is 6.07 Å². The number of benzene rings is 1. The van der Waals surface area contributed by atoms with Crippen LogP contribution in [0.1, 0.15) is 34.6 Å². The predicted octanol–water partition coefficient (Wildman–Crippen LogP) is 2.42. The van der Waals surface area contributed by atoms with Crippen molar-refractivity contribution in [1.29, 1.82) is 0 Å². The largest absolute Gasteiger partial charge is 0.483 e. The zero-order valence-electron chi connectivity index (χ0n) is 17.3. The molecule has 8 heteroatoms. The minimum Gasteiger partial charge on any atom is -0.483 e. The van der Waals surface area contributed by atoms with Gasteiger partial charge in [0, 0.05) is 24.5 Å². The molecule has 1 amide bonds. The standard InChI is InChI=1S/C21H23N5O.CH2O2/c1-13-9-14(2)23-12-18(13)21-24-19(11-20(27)22-3)25-26(21)17-8-7-15-5-4-6-16(15)10-17;2-1-3/h7-10,12H,4-6,11H2,1-3H3,(H,22,27);1H,(H,2,3). The van der Waals surface area contributed by atoms with Crippen LogP contribution in [-0.4, -0.2) is 44.3 Å². The van der Waals surface area contributed by atoms with Crippen LogP contribution in [0.5, 0.6) is 0 Å². The Hall–Kier alpha value is -3.55. The molecule has 2 heterocycles. The van der Waals surface area contributed by atoms with Gasteiger partial charge >= 0.3 is 0 Å². The Morgan fingerprint density at radius 3 is 2.67 bits per heavy atom. The van der Waals surface area contributed by atoms with Crippen molar-refractivity contribution in [2.45, 2.75) is 39.5 Å². The van der Waals surface area contributed by atoms with Crippen LogP contribution in [0.4, 0.5) is 0 Å². The number of pyridine rings is 1. The van der Waals surface area contributed by atoms with Crippen LogP contribution < -0.4 is 5.32 Å². The monoisotopic (exact) mass is 407 g/mol. The Kier molecular flexibility index (Phi) is 6.56. The summed E-state index contributed by atoms with van der Waals surface area (Å²) in [6.07, 6.45) is 5.43. The number of hydrogen-bond donors (Lipinski definition) is 2. The summed E-state index contributed by atoms with van der Waals surface area (Å²) in [6, 6.07) is 8.50. The van der Waals surface area contributed by atoms with Crippen LogP contribution in [0, 0.1) is 13.8 Å². The van der Waals surface area contributed by atoms with Crippen LogP contribution in [-0.2, 0) is 28.9 Å². The number of nitrogens with zero attached hydrogens (tertiary/aromatic N) is 4. The lowest BCUT2D eigenvalue weighted by Gasteiger charge is -2.10. The van der Waals surface area contributed by atoms with Crippen molar-refractivity contribution in [1.82, 2.24) is 25.1 Å². The molecule has 1 aliphatic rings. The van der Waals surface area contributed by atoms with Crippen molar-refractivity contribution in [3.63, 3.8) is 0 Å². The Balaban J connectivity index is 0.000000806. The SMILES string of the molecule is CNC(=O)Cc1nc(-c2cnc(C)cc2C)n(-c2ccc3c(c2)CCC3)n1.O=CO. The molecule has 0 saturated carbocycles. The lowest BCUT2D eigenvalue weighted by atomic mass is 10.1. The van der Waals surface area contributed by atoms with Gasteiger partial charge in [0.1, 0.15) is 0 Å². The summed E-state index contributed by atoms with van der Waals surface area (Å²) < 4.78 is 1.84. The van der Waals surface area contributed by atoms with Gasteiger partial charge in [-0.3, -0.25) is 14.6 Å². The van der Waals surface area contributed by atoms with E-state index in [9.17, 15) is 4.79 Å². The zero-order chi connectivity index (χ0) is 21.7. The number of hydrogen-bond acceptors (Lipinski definition) is 5. The van der Waals surface area contributed by atoms with Crippen molar-refractivity contribution in [3.05, 3.63) is 58.7 Å². The zero-order valence-corrected chi connectivity index (χ0v) is 17.3. The Morgan fingerprint density at radius 1 is 1.23 bits per heavy atom. The summed E-state index contributed by atoms with van der Waals surface area (Å²) in [4.78, 5) is 29.3. The fourth-order valence-electron chi connectivity index (χ4n) is 3.64. The van der Waals surface area contributed by atoms with Gasteiger partial charge in [-0.05, 0) is 68.0 Å². The second kappa shape index (κ2) is 9.30. The molecule has 2 aromatic heterocycles. The molecular weight excluding hydrogens is 382 g/mol. The number of fused-ring (bicyclic) bond motifs is 1. The lowest BCUT2D eigenvalue weighted by molar-refractivity contribution is -0.123. The van der Waals surface area contributed by atoms with Crippen LogP contribution in [0.25, 0.3) is 17.1 Å². The number of aromatic nitrogens is 4. The van der Waals surface area contributed by atoms with Crippen molar-refractivity contribution in [2.24, 2.45) is 0 Å². The molecule has 1 aromatic carbocycles. The van der Waals surface area contributed by atoms with Crippen molar-refractivity contribution in [3.8, 4) is 17.1 Å². The van der Waals surface area contributed by atoms with Gasteiger partial charge in [-0.25, -0.2) is 9.67 Å². The number of likely N-dealkylation sites (N-methyl/N-ethyl adjacent to an activating group) is 1. The second-order valence-corrected chi connectivity index (χ2v) is 7.17. The third-order valence-corrected chi connectivity index (χ3v) is 5.06. The fourth-order valence-corrected chi connectivity index (χ4v) is 3.64. The summed E-state index contributed by atoms with van der Waals surface area (Å²) in [5.74, 6) is 1.12. The highest BCUT2D eigenvalue weighted by Gasteiger charge is 2.19. The molecule has 8 nitrogen and oxygen atoms in total. The molecule has 1 aliphatic carbocycles. The Labute approximate surface area is 175 Å². The van der Waals surface area contributed by atoms with Gasteiger partial charge in [0.05, 0.1) is 12.1 Å². The summed E-state index contributed by atoms with van der Waals surface area (Å²) >= 11 is 0. The van der Waals surface area contributed by atoms with Gasteiger partial charge in [0.25, 0.3) is 6.47 Å². The van der Waals surface area contributed by atoms with Crippen molar-refractivity contribution >= 4 is 12.4 Å². The predicted molar refractivity (Wildman–Crippen MR) is 113 cm³/mol. The van der Waals surface area contributed by atoms with E-state index in [4.69, 9.17) is 9.90 Å². The van der Waals surface area contributed by atoms with E-state index in [1.807, 2.05) is 30.8 Å². The fraction of sp³-hybridized carbons (Fsp3) is 0.318. The number of carbonyl (C=O) groups is 2.